The summed E-state index contributed by atoms with van der Waals surface area (Å²) in [5, 5.41) is 0. The molecule has 0 aliphatic rings. The molecule has 0 atom stereocenters. The van der Waals surface area contributed by atoms with E-state index in [-0.39, 0.29) is 0 Å². The van der Waals surface area contributed by atoms with Crippen molar-refractivity contribution >= 4 is 0 Å². The molecule has 0 N–H and O–H groups in total. The van der Waals surface area contributed by atoms with Crippen molar-refractivity contribution in [2.75, 3.05) is 19.8 Å². The Morgan fingerprint density at radius 2 is 1.81 bits per heavy atom. The first-order chi connectivity index (χ1) is 7.86. The SMILES string of the molecule is CCCOCCc1cccc(OCCC)c1. The highest BCUT2D eigenvalue weighted by molar-refractivity contribution is 5.28. The maximum absolute atomic E-state index is 5.58. The van der Waals surface area contributed by atoms with Gasteiger partial charge in [-0.3, -0.25) is 0 Å². The van der Waals surface area contributed by atoms with Crippen LogP contribution in [-0.2, 0) is 11.2 Å². The molecule has 1 aromatic rings. The lowest BCUT2D eigenvalue weighted by atomic mass is 10.1. The Labute approximate surface area is 98.6 Å². The minimum Gasteiger partial charge on any atom is -0.494 e. The first kappa shape index (κ1) is 13.0. The van der Waals surface area contributed by atoms with Gasteiger partial charge >= 0.3 is 0 Å². The fourth-order valence-electron chi connectivity index (χ4n) is 1.45. The molecule has 0 aliphatic heterocycles. The second-order valence-corrected chi connectivity index (χ2v) is 3.86. The Morgan fingerprint density at radius 3 is 2.56 bits per heavy atom. The van der Waals surface area contributed by atoms with Gasteiger partial charge in [0.05, 0.1) is 13.2 Å². The van der Waals surface area contributed by atoms with Gasteiger partial charge in [-0.05, 0) is 37.0 Å². The number of hydrogen-bond donors (Lipinski definition) is 0. The van der Waals surface area contributed by atoms with Crippen LogP contribution in [0.15, 0.2) is 24.3 Å². The Kier molecular flexibility index (Phi) is 6.66. The summed E-state index contributed by atoms with van der Waals surface area (Å²) < 4.78 is 11.0. The molecule has 2 nitrogen and oxygen atoms in total. The molecule has 0 bridgehead atoms. The summed E-state index contributed by atoms with van der Waals surface area (Å²) in [5.41, 5.74) is 1.28. The van der Waals surface area contributed by atoms with E-state index in [2.05, 4.69) is 26.0 Å². The van der Waals surface area contributed by atoms with Gasteiger partial charge < -0.3 is 9.47 Å². The number of ether oxygens (including phenoxy) is 2. The van der Waals surface area contributed by atoms with Crippen LogP contribution in [0.1, 0.15) is 32.3 Å². The van der Waals surface area contributed by atoms with Crippen LogP contribution in [0.5, 0.6) is 5.75 Å². The zero-order valence-corrected chi connectivity index (χ0v) is 10.4. The fourth-order valence-corrected chi connectivity index (χ4v) is 1.45. The smallest absolute Gasteiger partial charge is 0.119 e. The number of rotatable bonds is 8. The molecule has 0 saturated carbocycles. The van der Waals surface area contributed by atoms with Crippen molar-refractivity contribution in [3.63, 3.8) is 0 Å². The normalized spacial score (nSPS) is 10.4. The molecule has 2 heteroatoms. The molecule has 0 aliphatic carbocycles. The molecule has 0 aromatic heterocycles. The average Bonchev–Trinajstić information content (AvgIpc) is 2.33. The Bertz CT molecular complexity index is 284. The van der Waals surface area contributed by atoms with Crippen LogP contribution in [0, 0.1) is 0 Å². The van der Waals surface area contributed by atoms with Crippen molar-refractivity contribution in [3.05, 3.63) is 29.8 Å². The lowest BCUT2D eigenvalue weighted by Crippen LogP contribution is -2.00. The van der Waals surface area contributed by atoms with Crippen molar-refractivity contribution in [1.82, 2.24) is 0 Å². The lowest BCUT2D eigenvalue weighted by Gasteiger charge is -2.07. The maximum Gasteiger partial charge on any atom is 0.119 e. The average molecular weight is 222 g/mol. The number of hydrogen-bond acceptors (Lipinski definition) is 2. The van der Waals surface area contributed by atoms with Crippen LogP contribution >= 0.6 is 0 Å². The topological polar surface area (TPSA) is 18.5 Å². The van der Waals surface area contributed by atoms with Gasteiger partial charge in [-0.2, -0.15) is 0 Å². The highest BCUT2D eigenvalue weighted by atomic mass is 16.5. The maximum atomic E-state index is 5.58. The van der Waals surface area contributed by atoms with E-state index < -0.39 is 0 Å². The summed E-state index contributed by atoms with van der Waals surface area (Å²) >= 11 is 0. The van der Waals surface area contributed by atoms with Gasteiger partial charge in [0.25, 0.3) is 0 Å². The Balaban J connectivity index is 2.35. The van der Waals surface area contributed by atoms with Crippen molar-refractivity contribution in [2.45, 2.75) is 33.1 Å². The molecule has 0 amide bonds. The monoisotopic (exact) mass is 222 g/mol. The van der Waals surface area contributed by atoms with Gasteiger partial charge in [0.2, 0.25) is 0 Å². The molecular formula is C14H22O2. The Hall–Kier alpha value is -1.02. The zero-order chi connectivity index (χ0) is 11.6. The summed E-state index contributed by atoms with van der Waals surface area (Å²) in [6, 6.07) is 8.27. The second-order valence-electron chi connectivity index (χ2n) is 3.86. The van der Waals surface area contributed by atoms with E-state index >= 15 is 0 Å². The Morgan fingerprint density at radius 1 is 1.00 bits per heavy atom. The fraction of sp³-hybridized carbons (Fsp3) is 0.571. The molecule has 0 radical (unpaired) electrons. The largest absolute Gasteiger partial charge is 0.494 e. The molecule has 0 spiro atoms. The quantitative estimate of drug-likeness (QED) is 0.627. The van der Waals surface area contributed by atoms with Crippen molar-refractivity contribution in [3.8, 4) is 5.75 Å². The predicted octanol–water partition coefficient (Wildman–Crippen LogP) is 3.44. The zero-order valence-electron chi connectivity index (χ0n) is 10.4. The summed E-state index contributed by atoms with van der Waals surface area (Å²) in [7, 11) is 0. The minimum atomic E-state index is 0.787. The molecule has 0 saturated heterocycles. The lowest BCUT2D eigenvalue weighted by molar-refractivity contribution is 0.138. The molecule has 1 aromatic carbocycles. The van der Waals surface area contributed by atoms with Crippen LogP contribution in [-0.4, -0.2) is 19.8 Å². The van der Waals surface area contributed by atoms with E-state index in [0.29, 0.717) is 0 Å². The van der Waals surface area contributed by atoms with E-state index in [4.69, 9.17) is 9.47 Å². The predicted molar refractivity (Wildman–Crippen MR) is 67.0 cm³/mol. The molecule has 0 fully saturated rings. The van der Waals surface area contributed by atoms with E-state index in [1.807, 2.05) is 12.1 Å². The first-order valence-corrected chi connectivity index (χ1v) is 6.16. The standard InChI is InChI=1S/C14H22O2/c1-3-9-15-11-8-13-6-5-7-14(12-13)16-10-4-2/h5-7,12H,3-4,8-11H2,1-2H3. The van der Waals surface area contributed by atoms with E-state index in [1.165, 1.54) is 5.56 Å². The molecule has 0 unspecified atom stereocenters. The first-order valence-electron chi connectivity index (χ1n) is 6.16. The van der Waals surface area contributed by atoms with Gasteiger partial charge in [0.1, 0.15) is 5.75 Å². The van der Waals surface area contributed by atoms with Gasteiger partial charge in [-0.1, -0.05) is 26.0 Å². The summed E-state index contributed by atoms with van der Waals surface area (Å²) in [6.07, 6.45) is 3.09. The van der Waals surface area contributed by atoms with Crippen molar-refractivity contribution in [1.29, 1.82) is 0 Å². The van der Waals surface area contributed by atoms with E-state index in [0.717, 1.165) is 44.8 Å². The molecular weight excluding hydrogens is 200 g/mol. The number of benzene rings is 1. The summed E-state index contributed by atoms with van der Waals surface area (Å²) in [6.45, 7) is 6.68. The van der Waals surface area contributed by atoms with Crippen LogP contribution in [0.3, 0.4) is 0 Å². The summed E-state index contributed by atoms with van der Waals surface area (Å²) in [4.78, 5) is 0. The second kappa shape index (κ2) is 8.17. The van der Waals surface area contributed by atoms with Crippen LogP contribution in [0.4, 0.5) is 0 Å². The molecule has 0 heterocycles. The van der Waals surface area contributed by atoms with Gasteiger partial charge in [0.15, 0.2) is 0 Å². The highest BCUT2D eigenvalue weighted by Crippen LogP contribution is 2.14. The van der Waals surface area contributed by atoms with Crippen molar-refractivity contribution in [2.24, 2.45) is 0 Å². The summed E-state index contributed by atoms with van der Waals surface area (Å²) in [5.74, 6) is 0.967. The third-order valence-corrected chi connectivity index (χ3v) is 2.25. The van der Waals surface area contributed by atoms with Gasteiger partial charge in [0, 0.05) is 6.61 Å². The van der Waals surface area contributed by atoms with E-state index in [9.17, 15) is 0 Å². The van der Waals surface area contributed by atoms with Gasteiger partial charge in [-0.15, -0.1) is 0 Å². The molecule has 90 valence electrons. The molecule has 16 heavy (non-hydrogen) atoms. The van der Waals surface area contributed by atoms with Crippen LogP contribution < -0.4 is 4.74 Å². The third-order valence-electron chi connectivity index (χ3n) is 2.25. The third kappa shape index (κ3) is 5.17. The van der Waals surface area contributed by atoms with E-state index in [1.54, 1.807) is 0 Å². The van der Waals surface area contributed by atoms with Crippen LogP contribution in [0.2, 0.25) is 0 Å². The van der Waals surface area contributed by atoms with Crippen molar-refractivity contribution < 1.29 is 9.47 Å². The minimum absolute atomic E-state index is 0.787. The highest BCUT2D eigenvalue weighted by Gasteiger charge is 1.97. The molecule has 1 rings (SSSR count). The van der Waals surface area contributed by atoms with Crippen LogP contribution in [0.25, 0.3) is 0 Å². The van der Waals surface area contributed by atoms with Gasteiger partial charge in [-0.25, -0.2) is 0 Å².